The van der Waals surface area contributed by atoms with E-state index in [1.165, 1.54) is 30.3 Å². The van der Waals surface area contributed by atoms with E-state index in [0.717, 1.165) is 37.1 Å². The van der Waals surface area contributed by atoms with Gasteiger partial charge in [0.25, 0.3) is 0 Å². The Morgan fingerprint density at radius 1 is 1.13 bits per heavy atom. The summed E-state index contributed by atoms with van der Waals surface area (Å²) >= 11 is 1.36. The Bertz CT molecular complexity index is 993. The van der Waals surface area contributed by atoms with E-state index in [-0.39, 0.29) is 11.7 Å². The summed E-state index contributed by atoms with van der Waals surface area (Å²) in [6.07, 6.45) is 7.68. The number of nitrogens with zero attached hydrogens (tertiary/aromatic N) is 5. The number of pyridine rings is 1. The summed E-state index contributed by atoms with van der Waals surface area (Å²) in [6, 6.07) is 10.2. The molecule has 0 saturated carbocycles. The van der Waals surface area contributed by atoms with Crippen LogP contribution in [0.3, 0.4) is 0 Å². The van der Waals surface area contributed by atoms with E-state index in [1.807, 2.05) is 21.6 Å². The van der Waals surface area contributed by atoms with Crippen LogP contribution < -0.4 is 0 Å². The van der Waals surface area contributed by atoms with Crippen molar-refractivity contribution in [2.45, 2.75) is 43.8 Å². The molecule has 1 saturated heterocycles. The van der Waals surface area contributed by atoms with Gasteiger partial charge in [-0.1, -0.05) is 18.7 Å². The highest BCUT2D eigenvalue weighted by Gasteiger charge is 2.26. The number of benzene rings is 1. The molecule has 2 aromatic heterocycles. The lowest BCUT2D eigenvalue weighted by molar-refractivity contribution is -0.132. The molecule has 30 heavy (non-hydrogen) atoms. The monoisotopic (exact) mass is 425 g/mol. The molecule has 156 valence electrons. The van der Waals surface area contributed by atoms with E-state index in [4.69, 9.17) is 0 Å². The van der Waals surface area contributed by atoms with Gasteiger partial charge in [0.05, 0.1) is 5.75 Å². The van der Waals surface area contributed by atoms with E-state index in [2.05, 4.69) is 22.1 Å². The molecule has 1 unspecified atom stereocenters. The molecule has 1 aliphatic rings. The molecule has 3 heterocycles. The highest BCUT2D eigenvalue weighted by atomic mass is 32.2. The van der Waals surface area contributed by atoms with Crippen LogP contribution in [0.4, 0.5) is 4.39 Å². The predicted molar refractivity (Wildman–Crippen MR) is 115 cm³/mol. The number of likely N-dealkylation sites (tertiary alicyclic amines) is 1. The molecule has 1 amide bonds. The van der Waals surface area contributed by atoms with Gasteiger partial charge < -0.3 is 4.90 Å². The van der Waals surface area contributed by atoms with Gasteiger partial charge in [0.2, 0.25) is 5.91 Å². The zero-order valence-corrected chi connectivity index (χ0v) is 17.7. The predicted octanol–water partition coefficient (Wildman–Crippen LogP) is 4.35. The summed E-state index contributed by atoms with van der Waals surface area (Å²) in [5, 5.41) is 9.29. The van der Waals surface area contributed by atoms with Crippen LogP contribution in [0.25, 0.3) is 17.1 Å². The maximum atomic E-state index is 13.5. The Hall–Kier alpha value is -2.74. The van der Waals surface area contributed by atoms with E-state index >= 15 is 0 Å². The van der Waals surface area contributed by atoms with Gasteiger partial charge in [0.15, 0.2) is 11.0 Å². The molecule has 8 heteroatoms. The lowest BCUT2D eigenvalue weighted by Gasteiger charge is -2.35. The number of aromatic nitrogens is 4. The molecule has 0 bridgehead atoms. The maximum absolute atomic E-state index is 13.5. The first-order chi connectivity index (χ1) is 14.7. The number of carbonyl (C=O) groups is 1. The van der Waals surface area contributed by atoms with Crippen molar-refractivity contribution in [3.8, 4) is 17.1 Å². The third-order valence-electron chi connectivity index (χ3n) is 5.40. The summed E-state index contributed by atoms with van der Waals surface area (Å²) < 4.78 is 15.3. The van der Waals surface area contributed by atoms with Crippen LogP contribution in [0.5, 0.6) is 0 Å². The summed E-state index contributed by atoms with van der Waals surface area (Å²) in [5.74, 6) is 0.748. The Balaban J connectivity index is 1.61. The molecule has 0 spiro atoms. The number of piperidine rings is 1. The molecule has 1 fully saturated rings. The SMILES string of the molecule is CCC1CCCCN1C(=O)CSc1nnc(-c2ccncc2)n1-c1ccc(F)cc1. The first kappa shape index (κ1) is 20.5. The second-order valence-electron chi connectivity index (χ2n) is 7.29. The highest BCUT2D eigenvalue weighted by molar-refractivity contribution is 7.99. The fourth-order valence-corrected chi connectivity index (χ4v) is 4.67. The van der Waals surface area contributed by atoms with Crippen molar-refractivity contribution in [3.05, 3.63) is 54.6 Å². The van der Waals surface area contributed by atoms with Crippen molar-refractivity contribution in [1.82, 2.24) is 24.6 Å². The minimum absolute atomic E-state index is 0.130. The van der Waals surface area contributed by atoms with E-state index < -0.39 is 0 Å². The van der Waals surface area contributed by atoms with Gasteiger partial charge in [-0.25, -0.2) is 4.39 Å². The van der Waals surface area contributed by atoms with Crippen LogP contribution >= 0.6 is 11.8 Å². The number of thioether (sulfide) groups is 1. The standard InChI is InChI=1S/C22H24FN5OS/c1-2-18-5-3-4-14-27(18)20(29)15-30-22-26-25-21(16-10-12-24-13-11-16)28(22)19-8-6-17(23)7-9-19/h6-13,18H,2-5,14-15H2,1H3. The number of hydrogen-bond donors (Lipinski definition) is 0. The summed E-state index contributed by atoms with van der Waals surface area (Å²) in [6.45, 7) is 2.96. The van der Waals surface area contributed by atoms with Crippen molar-refractivity contribution in [1.29, 1.82) is 0 Å². The van der Waals surface area contributed by atoms with Gasteiger partial charge >= 0.3 is 0 Å². The summed E-state index contributed by atoms with van der Waals surface area (Å²) in [5.41, 5.74) is 1.59. The maximum Gasteiger partial charge on any atom is 0.233 e. The second kappa shape index (κ2) is 9.38. The number of halogens is 1. The molecule has 4 rings (SSSR count). The zero-order chi connectivity index (χ0) is 20.9. The fourth-order valence-electron chi connectivity index (χ4n) is 3.84. The van der Waals surface area contributed by atoms with Crippen LogP contribution in [0.2, 0.25) is 0 Å². The third kappa shape index (κ3) is 4.38. The van der Waals surface area contributed by atoms with Gasteiger partial charge in [-0.2, -0.15) is 0 Å². The molecule has 1 aromatic carbocycles. The zero-order valence-electron chi connectivity index (χ0n) is 16.9. The van der Waals surface area contributed by atoms with Crippen LogP contribution in [-0.2, 0) is 4.79 Å². The molecular formula is C22H24FN5OS. The van der Waals surface area contributed by atoms with Gasteiger partial charge in [-0.15, -0.1) is 10.2 Å². The lowest BCUT2D eigenvalue weighted by Crippen LogP contribution is -2.44. The molecule has 0 radical (unpaired) electrons. The molecular weight excluding hydrogens is 401 g/mol. The lowest BCUT2D eigenvalue weighted by atomic mass is 10.0. The van der Waals surface area contributed by atoms with Crippen LogP contribution in [0.1, 0.15) is 32.6 Å². The second-order valence-corrected chi connectivity index (χ2v) is 8.23. The Morgan fingerprint density at radius 2 is 1.90 bits per heavy atom. The van der Waals surface area contributed by atoms with E-state index in [0.29, 0.717) is 22.8 Å². The minimum atomic E-state index is -0.308. The van der Waals surface area contributed by atoms with Gasteiger partial charge in [0.1, 0.15) is 5.82 Å². The molecule has 0 aliphatic carbocycles. The first-order valence-electron chi connectivity index (χ1n) is 10.2. The van der Waals surface area contributed by atoms with Crippen molar-refractivity contribution in [3.63, 3.8) is 0 Å². The third-order valence-corrected chi connectivity index (χ3v) is 6.31. The van der Waals surface area contributed by atoms with Gasteiger partial charge in [0, 0.05) is 36.2 Å². The van der Waals surface area contributed by atoms with Crippen molar-refractivity contribution >= 4 is 17.7 Å². The molecule has 0 N–H and O–H groups in total. The summed E-state index contributed by atoms with van der Waals surface area (Å²) in [7, 11) is 0. The van der Waals surface area contributed by atoms with Gasteiger partial charge in [-0.3, -0.25) is 14.3 Å². The van der Waals surface area contributed by atoms with Crippen molar-refractivity contribution < 1.29 is 9.18 Å². The molecule has 6 nitrogen and oxygen atoms in total. The number of hydrogen-bond acceptors (Lipinski definition) is 5. The first-order valence-corrected chi connectivity index (χ1v) is 11.2. The average Bonchev–Trinajstić information content (AvgIpc) is 3.22. The van der Waals surface area contributed by atoms with Crippen LogP contribution in [0.15, 0.2) is 53.9 Å². The summed E-state index contributed by atoms with van der Waals surface area (Å²) in [4.78, 5) is 19.0. The Morgan fingerprint density at radius 3 is 2.63 bits per heavy atom. The fraction of sp³-hybridized carbons (Fsp3) is 0.364. The quantitative estimate of drug-likeness (QED) is 0.550. The van der Waals surface area contributed by atoms with E-state index in [1.54, 1.807) is 24.5 Å². The van der Waals surface area contributed by atoms with Crippen LogP contribution in [0, 0.1) is 5.82 Å². The van der Waals surface area contributed by atoms with Crippen molar-refractivity contribution in [2.24, 2.45) is 0 Å². The Kier molecular flexibility index (Phi) is 6.42. The largest absolute Gasteiger partial charge is 0.339 e. The molecule has 1 aliphatic heterocycles. The molecule has 3 aromatic rings. The topological polar surface area (TPSA) is 63.9 Å². The van der Waals surface area contributed by atoms with E-state index in [9.17, 15) is 9.18 Å². The van der Waals surface area contributed by atoms with Crippen LogP contribution in [-0.4, -0.2) is 48.9 Å². The smallest absolute Gasteiger partial charge is 0.233 e. The minimum Gasteiger partial charge on any atom is -0.339 e. The normalized spacial score (nSPS) is 16.6. The molecule has 1 atom stereocenters. The number of amides is 1. The van der Waals surface area contributed by atoms with Crippen molar-refractivity contribution in [2.75, 3.05) is 12.3 Å². The average molecular weight is 426 g/mol. The highest BCUT2D eigenvalue weighted by Crippen LogP contribution is 2.29. The van der Waals surface area contributed by atoms with Gasteiger partial charge in [-0.05, 0) is 62.1 Å². The number of rotatable bonds is 6. The number of carbonyl (C=O) groups excluding carboxylic acids is 1. The Labute approximate surface area is 179 Å².